The standard InChI is InChI=1S/C16H16BrNOS/c17-10-12-9-15(19)18(11-12)16(14-7-4-8-20-14)13-5-2-1-3-6-13/h1-8,12,16H,9-11H2. The van der Waals surface area contributed by atoms with E-state index in [1.165, 1.54) is 10.4 Å². The molecule has 2 nitrogen and oxygen atoms in total. The second-order valence-corrected chi connectivity index (χ2v) is 6.73. The Bertz CT molecular complexity index is 569. The van der Waals surface area contributed by atoms with Crippen LogP contribution in [0, 0.1) is 5.92 Å². The molecule has 0 bridgehead atoms. The van der Waals surface area contributed by atoms with Crippen molar-refractivity contribution in [3.8, 4) is 0 Å². The summed E-state index contributed by atoms with van der Waals surface area (Å²) in [7, 11) is 0. The lowest BCUT2D eigenvalue weighted by atomic mass is 10.0. The molecule has 1 fully saturated rings. The van der Waals surface area contributed by atoms with Gasteiger partial charge in [0.05, 0.1) is 6.04 Å². The Hall–Kier alpha value is -1.13. The van der Waals surface area contributed by atoms with Crippen LogP contribution in [0.25, 0.3) is 0 Å². The molecular weight excluding hydrogens is 334 g/mol. The van der Waals surface area contributed by atoms with E-state index in [1.807, 2.05) is 23.1 Å². The van der Waals surface area contributed by atoms with Crippen LogP contribution in [-0.4, -0.2) is 22.7 Å². The predicted molar refractivity (Wildman–Crippen MR) is 86.2 cm³/mol. The lowest BCUT2D eigenvalue weighted by molar-refractivity contribution is -0.129. The summed E-state index contributed by atoms with van der Waals surface area (Å²) in [6, 6.07) is 14.6. The van der Waals surface area contributed by atoms with Gasteiger partial charge in [-0.3, -0.25) is 4.79 Å². The number of hydrogen-bond donors (Lipinski definition) is 0. The summed E-state index contributed by atoms with van der Waals surface area (Å²) < 4.78 is 0. The van der Waals surface area contributed by atoms with Crippen molar-refractivity contribution in [2.75, 3.05) is 11.9 Å². The summed E-state index contributed by atoms with van der Waals surface area (Å²) in [5, 5.41) is 2.97. The van der Waals surface area contributed by atoms with E-state index in [2.05, 4.69) is 45.6 Å². The van der Waals surface area contributed by atoms with E-state index in [9.17, 15) is 4.79 Å². The fraction of sp³-hybridized carbons (Fsp3) is 0.312. The normalized spacial score (nSPS) is 20.4. The van der Waals surface area contributed by atoms with Gasteiger partial charge in [0.15, 0.2) is 0 Å². The van der Waals surface area contributed by atoms with Crippen molar-refractivity contribution in [2.45, 2.75) is 12.5 Å². The molecule has 0 spiro atoms. The van der Waals surface area contributed by atoms with Gasteiger partial charge in [-0.2, -0.15) is 0 Å². The minimum Gasteiger partial charge on any atom is -0.330 e. The van der Waals surface area contributed by atoms with Crippen molar-refractivity contribution in [1.82, 2.24) is 4.90 Å². The average molecular weight is 350 g/mol. The molecule has 3 rings (SSSR count). The Balaban J connectivity index is 1.97. The highest BCUT2D eigenvalue weighted by Crippen LogP contribution is 2.36. The quantitative estimate of drug-likeness (QED) is 0.761. The number of carbonyl (C=O) groups excluding carboxylic acids is 1. The van der Waals surface area contributed by atoms with Crippen molar-refractivity contribution in [2.24, 2.45) is 5.92 Å². The molecule has 0 saturated carbocycles. The van der Waals surface area contributed by atoms with Gasteiger partial charge in [-0.15, -0.1) is 11.3 Å². The highest BCUT2D eigenvalue weighted by molar-refractivity contribution is 9.09. The van der Waals surface area contributed by atoms with E-state index in [-0.39, 0.29) is 11.9 Å². The minimum absolute atomic E-state index is 0.0627. The van der Waals surface area contributed by atoms with E-state index < -0.39 is 0 Å². The van der Waals surface area contributed by atoms with Gasteiger partial charge in [-0.05, 0) is 22.9 Å². The van der Waals surface area contributed by atoms with Crippen LogP contribution in [0.5, 0.6) is 0 Å². The predicted octanol–water partition coefficient (Wildman–Crippen LogP) is 4.08. The maximum atomic E-state index is 12.4. The van der Waals surface area contributed by atoms with Crippen LogP contribution in [0.3, 0.4) is 0 Å². The molecule has 2 heterocycles. The molecule has 1 aliphatic heterocycles. The van der Waals surface area contributed by atoms with Gasteiger partial charge in [0, 0.05) is 23.2 Å². The van der Waals surface area contributed by atoms with Crippen molar-refractivity contribution < 1.29 is 4.79 Å². The Morgan fingerprint density at radius 2 is 2.05 bits per heavy atom. The third-order valence-electron chi connectivity index (χ3n) is 3.70. The number of nitrogens with zero attached hydrogens (tertiary/aromatic N) is 1. The summed E-state index contributed by atoms with van der Waals surface area (Å²) in [6.07, 6.45) is 0.653. The van der Waals surface area contributed by atoms with Crippen LogP contribution in [0.2, 0.25) is 0 Å². The van der Waals surface area contributed by atoms with Crippen molar-refractivity contribution in [1.29, 1.82) is 0 Å². The molecule has 1 aliphatic rings. The molecule has 2 atom stereocenters. The van der Waals surface area contributed by atoms with Crippen molar-refractivity contribution in [3.05, 3.63) is 58.3 Å². The van der Waals surface area contributed by atoms with Crippen LogP contribution in [0.1, 0.15) is 22.9 Å². The van der Waals surface area contributed by atoms with Gasteiger partial charge in [0.25, 0.3) is 0 Å². The fourth-order valence-corrected chi connectivity index (χ4v) is 4.04. The minimum atomic E-state index is 0.0627. The number of alkyl halides is 1. The average Bonchev–Trinajstić information content (AvgIpc) is 3.11. The zero-order valence-electron chi connectivity index (χ0n) is 11.0. The monoisotopic (exact) mass is 349 g/mol. The third-order valence-corrected chi connectivity index (χ3v) is 5.54. The summed E-state index contributed by atoms with van der Waals surface area (Å²) in [4.78, 5) is 15.6. The Morgan fingerprint density at radius 3 is 2.65 bits per heavy atom. The SMILES string of the molecule is O=C1CC(CBr)CN1C(c1ccccc1)c1cccs1. The first-order valence-electron chi connectivity index (χ1n) is 6.73. The van der Waals surface area contributed by atoms with Gasteiger partial charge in [0.2, 0.25) is 5.91 Å². The van der Waals surface area contributed by atoms with E-state index in [4.69, 9.17) is 0 Å². The largest absolute Gasteiger partial charge is 0.330 e. The molecule has 2 aromatic rings. The van der Waals surface area contributed by atoms with Crippen LogP contribution in [-0.2, 0) is 4.79 Å². The highest BCUT2D eigenvalue weighted by Gasteiger charge is 2.35. The number of amides is 1. The molecular formula is C16H16BrNOS. The second kappa shape index (κ2) is 6.10. The molecule has 0 radical (unpaired) electrons. The Morgan fingerprint density at radius 1 is 1.25 bits per heavy atom. The first-order chi connectivity index (χ1) is 9.79. The van der Waals surface area contributed by atoms with Gasteiger partial charge in [-0.1, -0.05) is 52.3 Å². The topological polar surface area (TPSA) is 20.3 Å². The molecule has 0 aliphatic carbocycles. The number of benzene rings is 1. The zero-order valence-corrected chi connectivity index (χ0v) is 13.4. The smallest absolute Gasteiger partial charge is 0.223 e. The summed E-state index contributed by atoms with van der Waals surface area (Å²) in [5.74, 6) is 0.686. The van der Waals surface area contributed by atoms with Gasteiger partial charge in [-0.25, -0.2) is 0 Å². The van der Waals surface area contributed by atoms with Gasteiger partial charge >= 0.3 is 0 Å². The third kappa shape index (κ3) is 2.67. The molecule has 104 valence electrons. The van der Waals surface area contributed by atoms with Crippen LogP contribution >= 0.6 is 27.3 Å². The van der Waals surface area contributed by atoms with E-state index in [0.717, 1.165) is 11.9 Å². The zero-order chi connectivity index (χ0) is 13.9. The number of likely N-dealkylation sites (tertiary alicyclic amines) is 1. The van der Waals surface area contributed by atoms with Crippen LogP contribution in [0.15, 0.2) is 47.8 Å². The molecule has 1 saturated heterocycles. The van der Waals surface area contributed by atoms with E-state index >= 15 is 0 Å². The van der Waals surface area contributed by atoms with Gasteiger partial charge in [0.1, 0.15) is 0 Å². The maximum absolute atomic E-state index is 12.4. The molecule has 1 aromatic carbocycles. The first-order valence-corrected chi connectivity index (χ1v) is 8.73. The van der Waals surface area contributed by atoms with E-state index in [1.54, 1.807) is 11.3 Å². The van der Waals surface area contributed by atoms with Gasteiger partial charge < -0.3 is 4.90 Å². The maximum Gasteiger partial charge on any atom is 0.223 e. The highest BCUT2D eigenvalue weighted by atomic mass is 79.9. The number of thiophene rings is 1. The number of rotatable bonds is 4. The molecule has 1 aromatic heterocycles. The van der Waals surface area contributed by atoms with E-state index in [0.29, 0.717) is 12.3 Å². The summed E-state index contributed by atoms with van der Waals surface area (Å²) >= 11 is 5.23. The number of hydrogen-bond acceptors (Lipinski definition) is 2. The summed E-state index contributed by atoms with van der Waals surface area (Å²) in [6.45, 7) is 0.835. The lowest BCUT2D eigenvalue weighted by Gasteiger charge is -2.28. The van der Waals surface area contributed by atoms with Crippen LogP contribution < -0.4 is 0 Å². The van der Waals surface area contributed by atoms with Crippen molar-refractivity contribution in [3.63, 3.8) is 0 Å². The number of carbonyl (C=O) groups is 1. The fourth-order valence-electron chi connectivity index (χ4n) is 2.74. The lowest BCUT2D eigenvalue weighted by Crippen LogP contribution is -2.30. The second-order valence-electron chi connectivity index (χ2n) is 5.10. The van der Waals surface area contributed by atoms with Crippen molar-refractivity contribution >= 4 is 33.2 Å². The molecule has 2 unspecified atom stereocenters. The molecule has 4 heteroatoms. The Kier molecular flexibility index (Phi) is 4.22. The molecule has 1 amide bonds. The Labute approximate surface area is 131 Å². The summed E-state index contributed by atoms with van der Waals surface area (Å²) in [5.41, 5.74) is 1.19. The molecule has 20 heavy (non-hydrogen) atoms. The number of halogens is 1. The van der Waals surface area contributed by atoms with Crippen LogP contribution in [0.4, 0.5) is 0 Å². The molecule has 0 N–H and O–H groups in total. The first kappa shape index (κ1) is 13.8.